The number of hydrogen-bond acceptors (Lipinski definition) is 2. The fourth-order valence-corrected chi connectivity index (χ4v) is 2.30. The first kappa shape index (κ1) is 12.1. The standard InChI is InChI=1S/C15H17NS/c1-2-6-13-9-11-14(12-10-13)16-17-15-7-4-3-5-8-15/h3-5,7-12,16H,2,6H2,1H3. The summed E-state index contributed by atoms with van der Waals surface area (Å²) in [5.74, 6) is 0. The lowest BCUT2D eigenvalue weighted by Gasteiger charge is -2.06. The van der Waals surface area contributed by atoms with Crippen LogP contribution in [0.1, 0.15) is 18.9 Å². The van der Waals surface area contributed by atoms with Crippen molar-refractivity contribution in [3.8, 4) is 0 Å². The van der Waals surface area contributed by atoms with Crippen molar-refractivity contribution in [1.82, 2.24) is 0 Å². The maximum Gasteiger partial charge on any atom is 0.0443 e. The fourth-order valence-electron chi connectivity index (χ4n) is 1.63. The second-order valence-corrected chi connectivity index (χ2v) is 4.84. The molecule has 2 aromatic carbocycles. The molecule has 2 rings (SSSR count). The van der Waals surface area contributed by atoms with E-state index in [9.17, 15) is 0 Å². The molecule has 0 bridgehead atoms. The van der Waals surface area contributed by atoms with Crippen LogP contribution in [0.4, 0.5) is 5.69 Å². The monoisotopic (exact) mass is 243 g/mol. The van der Waals surface area contributed by atoms with Crippen molar-refractivity contribution in [2.45, 2.75) is 24.7 Å². The largest absolute Gasteiger partial charge is 0.326 e. The van der Waals surface area contributed by atoms with Gasteiger partial charge >= 0.3 is 0 Å². The molecule has 0 aliphatic rings. The molecule has 2 heteroatoms. The predicted molar refractivity (Wildman–Crippen MR) is 76.4 cm³/mol. The van der Waals surface area contributed by atoms with Crippen LogP contribution in [0, 0.1) is 0 Å². The Morgan fingerprint density at radius 2 is 1.65 bits per heavy atom. The number of rotatable bonds is 5. The molecule has 0 spiro atoms. The van der Waals surface area contributed by atoms with Gasteiger partial charge in [-0.1, -0.05) is 43.7 Å². The summed E-state index contributed by atoms with van der Waals surface area (Å²) < 4.78 is 3.35. The summed E-state index contributed by atoms with van der Waals surface area (Å²) in [6.07, 6.45) is 2.36. The maximum absolute atomic E-state index is 3.35. The average Bonchev–Trinajstić information content (AvgIpc) is 2.40. The van der Waals surface area contributed by atoms with Crippen LogP contribution >= 0.6 is 11.9 Å². The lowest BCUT2D eigenvalue weighted by molar-refractivity contribution is 0.922. The predicted octanol–water partition coefficient (Wildman–Crippen LogP) is 4.76. The highest BCUT2D eigenvalue weighted by Crippen LogP contribution is 2.21. The van der Waals surface area contributed by atoms with E-state index in [-0.39, 0.29) is 0 Å². The van der Waals surface area contributed by atoms with E-state index in [1.807, 2.05) is 18.2 Å². The van der Waals surface area contributed by atoms with Gasteiger partial charge in [-0.15, -0.1) is 0 Å². The highest BCUT2D eigenvalue weighted by molar-refractivity contribution is 8.00. The third kappa shape index (κ3) is 3.82. The first-order valence-corrected chi connectivity index (χ1v) is 6.77. The molecule has 0 heterocycles. The minimum atomic E-state index is 1.15. The Hall–Kier alpha value is -1.41. The van der Waals surface area contributed by atoms with Gasteiger partial charge in [0.25, 0.3) is 0 Å². The van der Waals surface area contributed by atoms with Crippen molar-refractivity contribution < 1.29 is 0 Å². The van der Waals surface area contributed by atoms with E-state index in [0.717, 1.165) is 12.1 Å². The molecule has 0 radical (unpaired) electrons. The number of hydrogen-bond donors (Lipinski definition) is 1. The van der Waals surface area contributed by atoms with Crippen LogP contribution in [0.2, 0.25) is 0 Å². The zero-order chi connectivity index (χ0) is 11.9. The van der Waals surface area contributed by atoms with Crippen molar-refractivity contribution in [1.29, 1.82) is 0 Å². The van der Waals surface area contributed by atoms with Crippen molar-refractivity contribution in [2.75, 3.05) is 4.72 Å². The van der Waals surface area contributed by atoms with Gasteiger partial charge in [-0.25, -0.2) is 0 Å². The summed E-state index contributed by atoms with van der Waals surface area (Å²) in [6, 6.07) is 19.0. The highest BCUT2D eigenvalue weighted by atomic mass is 32.2. The molecule has 1 N–H and O–H groups in total. The number of benzene rings is 2. The van der Waals surface area contributed by atoms with Gasteiger partial charge in [0.05, 0.1) is 0 Å². The van der Waals surface area contributed by atoms with E-state index in [4.69, 9.17) is 0 Å². The van der Waals surface area contributed by atoms with Crippen molar-refractivity contribution >= 4 is 17.6 Å². The lowest BCUT2D eigenvalue weighted by atomic mass is 10.1. The minimum Gasteiger partial charge on any atom is -0.326 e. The lowest BCUT2D eigenvalue weighted by Crippen LogP contribution is -1.88. The van der Waals surface area contributed by atoms with Crippen LogP contribution in [0.25, 0.3) is 0 Å². The summed E-state index contributed by atoms with van der Waals surface area (Å²) in [6.45, 7) is 2.21. The molecule has 0 amide bonds. The SMILES string of the molecule is CCCc1ccc(NSc2ccccc2)cc1. The van der Waals surface area contributed by atoms with Crippen LogP contribution < -0.4 is 4.72 Å². The quantitative estimate of drug-likeness (QED) is 0.760. The zero-order valence-corrected chi connectivity index (χ0v) is 10.8. The first-order valence-electron chi connectivity index (χ1n) is 5.95. The Morgan fingerprint density at radius 1 is 0.941 bits per heavy atom. The van der Waals surface area contributed by atoms with Gasteiger partial charge in [0.15, 0.2) is 0 Å². The molecule has 0 aromatic heterocycles. The number of anilines is 1. The molecule has 17 heavy (non-hydrogen) atoms. The van der Waals surface area contributed by atoms with Gasteiger partial charge in [0.1, 0.15) is 0 Å². The molecule has 2 aromatic rings. The molecule has 0 aliphatic heterocycles. The topological polar surface area (TPSA) is 12.0 Å². The van der Waals surface area contributed by atoms with Crippen LogP contribution in [-0.2, 0) is 6.42 Å². The van der Waals surface area contributed by atoms with Crippen LogP contribution in [0.15, 0.2) is 59.5 Å². The summed E-state index contributed by atoms with van der Waals surface area (Å²) in [5.41, 5.74) is 2.56. The molecule has 0 atom stereocenters. The van der Waals surface area contributed by atoms with Crippen molar-refractivity contribution in [2.24, 2.45) is 0 Å². The molecule has 0 unspecified atom stereocenters. The molecule has 0 fully saturated rings. The Labute approximate surface area is 107 Å². The van der Waals surface area contributed by atoms with Gasteiger partial charge in [0.2, 0.25) is 0 Å². The van der Waals surface area contributed by atoms with E-state index in [0.29, 0.717) is 0 Å². The highest BCUT2D eigenvalue weighted by Gasteiger charge is 1.95. The van der Waals surface area contributed by atoms with Gasteiger partial charge in [0, 0.05) is 10.6 Å². The van der Waals surface area contributed by atoms with Gasteiger partial charge in [-0.3, -0.25) is 0 Å². The second-order valence-electron chi connectivity index (χ2n) is 3.96. The van der Waals surface area contributed by atoms with E-state index < -0.39 is 0 Å². The third-order valence-electron chi connectivity index (χ3n) is 2.52. The molecular weight excluding hydrogens is 226 g/mol. The van der Waals surface area contributed by atoms with Gasteiger partial charge in [-0.05, 0) is 48.2 Å². The zero-order valence-electron chi connectivity index (χ0n) is 10.0. The van der Waals surface area contributed by atoms with Crippen LogP contribution in [0.5, 0.6) is 0 Å². The van der Waals surface area contributed by atoms with E-state index >= 15 is 0 Å². The molecule has 88 valence electrons. The fraction of sp³-hybridized carbons (Fsp3) is 0.200. The Kier molecular flexibility index (Phi) is 4.51. The Bertz CT molecular complexity index is 436. The van der Waals surface area contributed by atoms with Crippen molar-refractivity contribution in [3.63, 3.8) is 0 Å². The molecule has 1 nitrogen and oxygen atoms in total. The number of aryl methyl sites for hydroxylation is 1. The smallest absolute Gasteiger partial charge is 0.0443 e. The number of nitrogens with one attached hydrogen (secondary N) is 1. The average molecular weight is 243 g/mol. The van der Waals surface area contributed by atoms with Gasteiger partial charge < -0.3 is 4.72 Å². The third-order valence-corrected chi connectivity index (χ3v) is 3.37. The minimum absolute atomic E-state index is 1.15. The molecular formula is C15H17NS. The normalized spacial score (nSPS) is 10.2. The van der Waals surface area contributed by atoms with Crippen LogP contribution in [0.3, 0.4) is 0 Å². The Balaban J connectivity index is 1.91. The van der Waals surface area contributed by atoms with Crippen molar-refractivity contribution in [3.05, 3.63) is 60.2 Å². The second kappa shape index (κ2) is 6.36. The first-order chi connectivity index (χ1) is 8.38. The summed E-state index contributed by atoms with van der Waals surface area (Å²) in [7, 11) is 0. The molecule has 0 aliphatic carbocycles. The molecule has 0 saturated heterocycles. The summed E-state index contributed by atoms with van der Waals surface area (Å²) in [5, 5.41) is 0. The molecule has 0 saturated carbocycles. The van der Waals surface area contributed by atoms with Crippen LogP contribution in [-0.4, -0.2) is 0 Å². The summed E-state index contributed by atoms with van der Waals surface area (Å²) >= 11 is 1.64. The Morgan fingerprint density at radius 3 is 2.29 bits per heavy atom. The maximum atomic E-state index is 3.35. The van der Waals surface area contributed by atoms with E-state index in [1.165, 1.54) is 16.9 Å². The van der Waals surface area contributed by atoms with E-state index in [1.54, 1.807) is 11.9 Å². The summed E-state index contributed by atoms with van der Waals surface area (Å²) in [4.78, 5) is 1.23. The van der Waals surface area contributed by atoms with E-state index in [2.05, 4.69) is 48.0 Å². The van der Waals surface area contributed by atoms with Gasteiger partial charge in [-0.2, -0.15) is 0 Å².